The Morgan fingerprint density at radius 1 is 1.10 bits per heavy atom. The highest BCUT2D eigenvalue weighted by molar-refractivity contribution is 6.39. The number of hydrogen-bond donors (Lipinski definition) is 0. The van der Waals surface area contributed by atoms with E-state index in [1.54, 1.807) is 19.0 Å². The molecule has 4 rings (SSSR count). The zero-order chi connectivity index (χ0) is 22.0. The lowest BCUT2D eigenvalue weighted by molar-refractivity contribution is -0.130. The summed E-state index contributed by atoms with van der Waals surface area (Å²) in [5.41, 5.74) is 3.89. The average molecular weight is 436 g/mol. The summed E-state index contributed by atoms with van der Waals surface area (Å²) < 4.78 is 1.81. The maximum atomic E-state index is 12.9. The van der Waals surface area contributed by atoms with Crippen molar-refractivity contribution in [2.45, 2.75) is 19.4 Å². The molecular weight excluding hydrogens is 414 g/mol. The molecular formula is C23H22ClN5O2. The van der Waals surface area contributed by atoms with Crippen LogP contribution in [0.5, 0.6) is 0 Å². The summed E-state index contributed by atoms with van der Waals surface area (Å²) in [6.45, 7) is 0.348. The Hall–Kier alpha value is -3.45. The summed E-state index contributed by atoms with van der Waals surface area (Å²) in [7, 11) is 3.30. The smallest absolute Gasteiger partial charge is 0.270 e. The molecule has 1 aliphatic rings. The van der Waals surface area contributed by atoms with Crippen molar-refractivity contribution < 1.29 is 9.59 Å². The molecule has 8 heteroatoms. The predicted molar refractivity (Wildman–Crippen MR) is 120 cm³/mol. The van der Waals surface area contributed by atoms with Crippen LogP contribution < -0.4 is 0 Å². The number of aromatic nitrogens is 2. The van der Waals surface area contributed by atoms with Crippen LogP contribution in [-0.2, 0) is 16.1 Å². The van der Waals surface area contributed by atoms with Crippen LogP contribution >= 0.6 is 11.6 Å². The minimum atomic E-state index is -0.200. The topological polar surface area (TPSA) is 70.8 Å². The van der Waals surface area contributed by atoms with E-state index < -0.39 is 0 Å². The molecule has 0 fully saturated rings. The Bertz CT molecular complexity index is 1140. The van der Waals surface area contributed by atoms with Crippen LogP contribution in [0.25, 0.3) is 16.9 Å². The van der Waals surface area contributed by atoms with Crippen LogP contribution in [0.3, 0.4) is 0 Å². The van der Waals surface area contributed by atoms with Crippen LogP contribution in [0.1, 0.15) is 18.4 Å². The van der Waals surface area contributed by atoms with Gasteiger partial charge >= 0.3 is 0 Å². The molecule has 1 aromatic heterocycles. The van der Waals surface area contributed by atoms with Gasteiger partial charge in [-0.15, -0.1) is 0 Å². The number of carbonyl (C=O) groups is 2. The van der Waals surface area contributed by atoms with Crippen LogP contribution in [0.15, 0.2) is 65.9 Å². The number of carbonyl (C=O) groups excluding carboxylic acids is 2. The van der Waals surface area contributed by atoms with Gasteiger partial charge in [0, 0.05) is 55.8 Å². The number of amides is 2. The second-order valence-corrected chi connectivity index (χ2v) is 7.85. The molecule has 3 aromatic rings. The second-order valence-electron chi connectivity index (χ2n) is 7.42. The summed E-state index contributed by atoms with van der Waals surface area (Å²) in [6.07, 6.45) is 2.57. The summed E-state index contributed by atoms with van der Waals surface area (Å²) in [4.78, 5) is 26.2. The molecule has 1 aliphatic heterocycles. The van der Waals surface area contributed by atoms with Crippen LogP contribution in [0, 0.1) is 0 Å². The normalized spacial score (nSPS) is 13.8. The fourth-order valence-electron chi connectivity index (χ4n) is 3.46. The van der Waals surface area contributed by atoms with E-state index >= 15 is 0 Å². The molecule has 0 N–H and O–H groups in total. The molecule has 2 aromatic carbocycles. The molecule has 7 nitrogen and oxygen atoms in total. The van der Waals surface area contributed by atoms with E-state index in [0.717, 1.165) is 22.5 Å². The van der Waals surface area contributed by atoms with Crippen molar-refractivity contribution in [2.24, 2.45) is 5.10 Å². The van der Waals surface area contributed by atoms with Gasteiger partial charge < -0.3 is 4.90 Å². The first kappa shape index (κ1) is 20.8. The molecule has 0 saturated carbocycles. The molecule has 0 atom stereocenters. The van der Waals surface area contributed by atoms with Crippen molar-refractivity contribution >= 4 is 29.1 Å². The summed E-state index contributed by atoms with van der Waals surface area (Å²) in [5.74, 6) is -0.290. The second kappa shape index (κ2) is 8.73. The molecule has 0 bridgehead atoms. The van der Waals surface area contributed by atoms with Crippen molar-refractivity contribution in [3.05, 3.63) is 71.4 Å². The highest BCUT2D eigenvalue weighted by Gasteiger charge is 2.25. The summed E-state index contributed by atoms with van der Waals surface area (Å²) in [6, 6.07) is 17.3. The van der Waals surface area contributed by atoms with Crippen LogP contribution in [-0.4, -0.2) is 51.3 Å². The number of nitrogens with zero attached hydrogens (tertiary/aromatic N) is 5. The number of halogens is 1. The maximum Gasteiger partial charge on any atom is 0.270 e. The number of benzene rings is 2. The van der Waals surface area contributed by atoms with Gasteiger partial charge in [0.15, 0.2) is 0 Å². The summed E-state index contributed by atoms with van der Waals surface area (Å²) in [5, 5.41) is 10.8. The standard InChI is InChI=1S/C23H22ClN5O2/c1-27(23(31)20-12-13-21(30)28(2)25-20)14-17-15-29(19-6-4-3-5-7-19)26-22(17)16-8-10-18(24)11-9-16/h3-11,15H,12-14H2,1-2H3. The van der Waals surface area contributed by atoms with Crippen molar-refractivity contribution in [2.75, 3.05) is 14.1 Å². The lowest BCUT2D eigenvalue weighted by atomic mass is 10.1. The maximum absolute atomic E-state index is 12.9. The van der Waals surface area contributed by atoms with Gasteiger partial charge in [-0.3, -0.25) is 9.59 Å². The third-order valence-electron chi connectivity index (χ3n) is 5.14. The van der Waals surface area contributed by atoms with Gasteiger partial charge in [0.05, 0.1) is 11.4 Å². The Morgan fingerprint density at radius 3 is 2.48 bits per heavy atom. The van der Waals surface area contributed by atoms with Crippen molar-refractivity contribution in [3.63, 3.8) is 0 Å². The van der Waals surface area contributed by atoms with E-state index in [9.17, 15) is 9.59 Å². The van der Waals surface area contributed by atoms with Crippen molar-refractivity contribution in [3.8, 4) is 16.9 Å². The van der Waals surface area contributed by atoms with Gasteiger partial charge in [-0.05, 0) is 24.3 Å². The lowest BCUT2D eigenvalue weighted by Crippen LogP contribution is -2.38. The largest absolute Gasteiger partial charge is 0.336 e. The highest BCUT2D eigenvalue weighted by atomic mass is 35.5. The third kappa shape index (κ3) is 4.51. The van der Waals surface area contributed by atoms with Gasteiger partial charge in [-0.25, -0.2) is 9.69 Å². The zero-order valence-electron chi connectivity index (χ0n) is 17.3. The quantitative estimate of drug-likeness (QED) is 0.612. The monoisotopic (exact) mass is 435 g/mol. The molecule has 0 aliphatic carbocycles. The Labute approximate surface area is 185 Å². The first-order valence-corrected chi connectivity index (χ1v) is 10.3. The lowest BCUT2D eigenvalue weighted by Gasteiger charge is -2.23. The number of rotatable bonds is 5. The Morgan fingerprint density at radius 2 is 1.81 bits per heavy atom. The van der Waals surface area contributed by atoms with Crippen molar-refractivity contribution in [1.29, 1.82) is 0 Å². The molecule has 2 heterocycles. The van der Waals surface area contributed by atoms with Gasteiger partial charge in [0.25, 0.3) is 5.91 Å². The first-order valence-electron chi connectivity index (χ1n) is 9.92. The fourth-order valence-corrected chi connectivity index (χ4v) is 3.59. The minimum Gasteiger partial charge on any atom is -0.336 e. The minimum absolute atomic E-state index is 0.0895. The predicted octanol–water partition coefficient (Wildman–Crippen LogP) is 3.76. The zero-order valence-corrected chi connectivity index (χ0v) is 18.1. The van der Waals surface area contributed by atoms with Crippen molar-refractivity contribution in [1.82, 2.24) is 19.7 Å². The molecule has 31 heavy (non-hydrogen) atoms. The highest BCUT2D eigenvalue weighted by Crippen LogP contribution is 2.26. The van der Waals surface area contributed by atoms with Gasteiger partial charge in [-0.1, -0.05) is 41.9 Å². The van der Waals surface area contributed by atoms with Gasteiger partial charge in [0.1, 0.15) is 5.71 Å². The SMILES string of the molecule is CN(Cc1cn(-c2ccccc2)nc1-c1ccc(Cl)cc1)C(=O)C1=NN(C)C(=O)CC1. The molecule has 0 radical (unpaired) electrons. The van der Waals surface area contributed by atoms with Crippen LogP contribution in [0.4, 0.5) is 0 Å². The fraction of sp³-hybridized carbons (Fsp3) is 0.217. The van der Waals surface area contributed by atoms with Gasteiger partial charge in [0.2, 0.25) is 5.91 Å². The molecule has 0 saturated heterocycles. The number of para-hydroxylation sites is 1. The Balaban J connectivity index is 1.65. The molecule has 158 valence electrons. The molecule has 2 amide bonds. The Kier molecular flexibility index (Phi) is 5.86. The van der Waals surface area contributed by atoms with E-state index in [-0.39, 0.29) is 18.2 Å². The van der Waals surface area contributed by atoms with E-state index in [1.165, 1.54) is 5.01 Å². The van der Waals surface area contributed by atoms with Crippen LogP contribution in [0.2, 0.25) is 5.02 Å². The molecule has 0 spiro atoms. The molecule has 0 unspecified atom stereocenters. The van der Waals surface area contributed by atoms with Gasteiger partial charge in [-0.2, -0.15) is 10.2 Å². The van der Waals surface area contributed by atoms with E-state index in [4.69, 9.17) is 16.7 Å². The third-order valence-corrected chi connectivity index (χ3v) is 5.39. The van der Waals surface area contributed by atoms with E-state index in [1.807, 2.05) is 65.5 Å². The number of hydrazone groups is 1. The number of hydrogen-bond acceptors (Lipinski definition) is 4. The average Bonchev–Trinajstić information content (AvgIpc) is 3.20. The van der Waals surface area contributed by atoms with E-state index in [2.05, 4.69) is 5.10 Å². The summed E-state index contributed by atoms with van der Waals surface area (Å²) >= 11 is 6.05. The van der Waals surface area contributed by atoms with E-state index in [0.29, 0.717) is 23.7 Å². The first-order chi connectivity index (χ1) is 14.9.